The highest BCUT2D eigenvalue weighted by atomic mass is 14.3. The Bertz CT molecular complexity index is 2030. The first-order valence-corrected chi connectivity index (χ1v) is 16.2. The summed E-state index contributed by atoms with van der Waals surface area (Å²) in [6.45, 7) is 0. The quantitative estimate of drug-likeness (QED) is 0.193. The Balaban J connectivity index is 1.26. The van der Waals surface area contributed by atoms with E-state index in [1.165, 1.54) is 88.3 Å². The third kappa shape index (κ3) is 4.54. The standard InChI is InChI=1S/C46H32/c1-5-13-31(14-6-1)39-21-22-40(32-15-7-2-8-16-32)44-28-36-26-38-30-46-42(34-19-11-4-12-20-34)24-23-41(33-17-9-3-10-18-33)45(46)29-37(38)25-35(36)27-43(39)44/h1-24,27-30H,25-26H2. The summed E-state index contributed by atoms with van der Waals surface area (Å²) < 4.78 is 0. The Morgan fingerprint density at radius 3 is 0.674 bits per heavy atom. The Morgan fingerprint density at radius 2 is 0.457 bits per heavy atom. The Hall–Kier alpha value is -5.72. The van der Waals surface area contributed by atoms with Crippen LogP contribution in [0.15, 0.2) is 170 Å². The third-order valence-corrected chi connectivity index (χ3v) is 9.77. The van der Waals surface area contributed by atoms with Gasteiger partial charge in [0.05, 0.1) is 0 Å². The van der Waals surface area contributed by atoms with Gasteiger partial charge < -0.3 is 0 Å². The van der Waals surface area contributed by atoms with Crippen molar-refractivity contribution in [2.45, 2.75) is 12.8 Å². The molecule has 216 valence electrons. The van der Waals surface area contributed by atoms with Crippen LogP contribution in [0.25, 0.3) is 66.1 Å². The predicted octanol–water partition coefficient (Wildman–Crippen LogP) is 12.2. The first-order valence-electron chi connectivity index (χ1n) is 16.2. The van der Waals surface area contributed by atoms with E-state index in [-0.39, 0.29) is 0 Å². The average Bonchev–Trinajstić information content (AvgIpc) is 3.13. The minimum absolute atomic E-state index is 0.935. The van der Waals surface area contributed by atoms with E-state index in [1.807, 2.05) is 0 Å². The predicted molar refractivity (Wildman–Crippen MR) is 195 cm³/mol. The summed E-state index contributed by atoms with van der Waals surface area (Å²) in [5, 5.41) is 5.30. The molecule has 0 heteroatoms. The molecular formula is C46H32. The van der Waals surface area contributed by atoms with Crippen molar-refractivity contribution in [2.75, 3.05) is 0 Å². The molecule has 0 aliphatic heterocycles. The maximum absolute atomic E-state index is 2.49. The van der Waals surface area contributed by atoms with Crippen LogP contribution >= 0.6 is 0 Å². The molecule has 0 amide bonds. The van der Waals surface area contributed by atoms with Crippen LogP contribution in [0.3, 0.4) is 0 Å². The normalized spacial score (nSPS) is 12.2. The van der Waals surface area contributed by atoms with Gasteiger partial charge in [0, 0.05) is 0 Å². The lowest BCUT2D eigenvalue weighted by Crippen LogP contribution is -2.08. The number of hydrogen-bond acceptors (Lipinski definition) is 0. The summed E-state index contributed by atoms with van der Waals surface area (Å²) in [4.78, 5) is 0. The van der Waals surface area contributed by atoms with Crippen molar-refractivity contribution in [1.29, 1.82) is 0 Å². The molecule has 0 radical (unpaired) electrons. The van der Waals surface area contributed by atoms with Crippen molar-refractivity contribution in [3.05, 3.63) is 192 Å². The first-order chi connectivity index (χ1) is 22.8. The topological polar surface area (TPSA) is 0 Å². The van der Waals surface area contributed by atoms with Gasteiger partial charge in [-0.25, -0.2) is 0 Å². The van der Waals surface area contributed by atoms with Crippen molar-refractivity contribution in [2.24, 2.45) is 0 Å². The molecule has 1 aliphatic rings. The van der Waals surface area contributed by atoms with Crippen LogP contribution < -0.4 is 0 Å². The monoisotopic (exact) mass is 584 g/mol. The molecule has 0 unspecified atom stereocenters. The van der Waals surface area contributed by atoms with E-state index < -0.39 is 0 Å². The zero-order chi connectivity index (χ0) is 30.5. The fourth-order valence-corrected chi connectivity index (χ4v) is 7.51. The number of hydrogen-bond donors (Lipinski definition) is 0. The van der Waals surface area contributed by atoms with Gasteiger partial charge in [-0.05, 0) is 125 Å². The van der Waals surface area contributed by atoms with Gasteiger partial charge >= 0.3 is 0 Å². The summed E-state index contributed by atoms with van der Waals surface area (Å²) in [7, 11) is 0. The molecule has 8 aromatic rings. The second-order valence-electron chi connectivity index (χ2n) is 12.5. The Morgan fingerprint density at radius 1 is 0.239 bits per heavy atom. The summed E-state index contributed by atoms with van der Waals surface area (Å²) in [6.07, 6.45) is 1.87. The molecule has 0 fully saturated rings. The van der Waals surface area contributed by atoms with Gasteiger partial charge in [0.25, 0.3) is 0 Å². The molecule has 46 heavy (non-hydrogen) atoms. The van der Waals surface area contributed by atoms with Gasteiger partial charge in [0.2, 0.25) is 0 Å². The van der Waals surface area contributed by atoms with E-state index in [9.17, 15) is 0 Å². The van der Waals surface area contributed by atoms with Gasteiger partial charge in [-0.15, -0.1) is 0 Å². The van der Waals surface area contributed by atoms with Crippen molar-refractivity contribution < 1.29 is 0 Å². The van der Waals surface area contributed by atoms with Crippen LogP contribution in [0.5, 0.6) is 0 Å². The van der Waals surface area contributed by atoms with Crippen LogP contribution in [0.4, 0.5) is 0 Å². The molecule has 0 spiro atoms. The molecule has 1 aliphatic carbocycles. The minimum Gasteiger partial charge on any atom is -0.0622 e. The fraction of sp³-hybridized carbons (Fsp3) is 0.0435. The lowest BCUT2D eigenvalue weighted by Gasteiger charge is -2.24. The van der Waals surface area contributed by atoms with Crippen molar-refractivity contribution in [1.82, 2.24) is 0 Å². The number of benzene rings is 8. The zero-order valence-corrected chi connectivity index (χ0v) is 25.6. The van der Waals surface area contributed by atoms with E-state index in [1.54, 1.807) is 0 Å². The van der Waals surface area contributed by atoms with Gasteiger partial charge in [0.15, 0.2) is 0 Å². The second kappa shape index (κ2) is 11.0. The molecule has 0 N–H and O–H groups in total. The van der Waals surface area contributed by atoms with Crippen LogP contribution in [0.2, 0.25) is 0 Å². The highest BCUT2D eigenvalue weighted by Gasteiger charge is 2.21. The maximum atomic E-state index is 2.49. The van der Waals surface area contributed by atoms with Crippen LogP contribution in [0.1, 0.15) is 22.3 Å². The fourth-order valence-electron chi connectivity index (χ4n) is 7.51. The van der Waals surface area contributed by atoms with Gasteiger partial charge in [-0.2, -0.15) is 0 Å². The molecule has 8 aromatic carbocycles. The van der Waals surface area contributed by atoms with Crippen molar-refractivity contribution >= 4 is 21.5 Å². The molecular weight excluding hydrogens is 553 g/mol. The molecule has 0 saturated heterocycles. The van der Waals surface area contributed by atoms with Crippen LogP contribution in [-0.4, -0.2) is 0 Å². The van der Waals surface area contributed by atoms with Gasteiger partial charge in [-0.3, -0.25) is 0 Å². The van der Waals surface area contributed by atoms with Gasteiger partial charge in [0.1, 0.15) is 0 Å². The highest BCUT2D eigenvalue weighted by Crippen LogP contribution is 2.42. The molecule has 0 nitrogen and oxygen atoms in total. The lowest BCUT2D eigenvalue weighted by molar-refractivity contribution is 1.01. The smallest absolute Gasteiger partial charge is 0.00196 e. The number of fused-ring (bicyclic) bond motifs is 4. The largest absolute Gasteiger partial charge is 0.0622 e. The van der Waals surface area contributed by atoms with Crippen molar-refractivity contribution in [3.63, 3.8) is 0 Å². The third-order valence-electron chi connectivity index (χ3n) is 9.77. The van der Waals surface area contributed by atoms with E-state index >= 15 is 0 Å². The average molecular weight is 585 g/mol. The molecule has 0 atom stereocenters. The second-order valence-corrected chi connectivity index (χ2v) is 12.5. The summed E-state index contributed by atoms with van der Waals surface area (Å²) in [5.74, 6) is 0. The van der Waals surface area contributed by atoms with Gasteiger partial charge in [-0.1, -0.05) is 146 Å². The lowest BCUT2D eigenvalue weighted by atomic mass is 9.80. The molecule has 0 saturated carbocycles. The molecule has 0 bridgehead atoms. The van der Waals surface area contributed by atoms with E-state index in [2.05, 4.69) is 170 Å². The Kier molecular flexibility index (Phi) is 6.39. The van der Waals surface area contributed by atoms with Crippen LogP contribution in [0, 0.1) is 0 Å². The van der Waals surface area contributed by atoms with E-state index in [0.717, 1.165) is 12.8 Å². The molecule has 0 heterocycles. The Labute approximate surface area is 270 Å². The first kappa shape index (κ1) is 26.7. The van der Waals surface area contributed by atoms with E-state index in [4.69, 9.17) is 0 Å². The number of rotatable bonds is 4. The van der Waals surface area contributed by atoms with Crippen molar-refractivity contribution in [3.8, 4) is 44.5 Å². The molecule has 0 aromatic heterocycles. The zero-order valence-electron chi connectivity index (χ0n) is 25.6. The molecule has 9 rings (SSSR count). The summed E-state index contributed by atoms with van der Waals surface area (Å²) in [6, 6.07) is 62.6. The SMILES string of the molecule is c1ccc(-c2ccc(-c3ccccc3)c3cc4c(cc23)Cc2cc3c(-c5ccccc5)ccc(-c5ccccc5)c3cc2C4)cc1. The summed E-state index contributed by atoms with van der Waals surface area (Å²) in [5.41, 5.74) is 15.9. The van der Waals surface area contributed by atoms with E-state index in [0.29, 0.717) is 0 Å². The maximum Gasteiger partial charge on any atom is -0.00196 e. The minimum atomic E-state index is 0.935. The van der Waals surface area contributed by atoms with Crippen LogP contribution in [-0.2, 0) is 12.8 Å². The summed E-state index contributed by atoms with van der Waals surface area (Å²) >= 11 is 0. The highest BCUT2D eigenvalue weighted by molar-refractivity contribution is 6.07.